The Labute approximate surface area is 124 Å². The quantitative estimate of drug-likeness (QED) is 0.772. The number of hydrogen-bond acceptors (Lipinski definition) is 4. The number of nitrogens with one attached hydrogen (secondary N) is 1. The zero-order valence-electron chi connectivity index (χ0n) is 11.7. The third-order valence-electron chi connectivity index (χ3n) is 3.81. The lowest BCUT2D eigenvalue weighted by atomic mass is 10.1. The van der Waals surface area contributed by atoms with Crippen molar-refractivity contribution in [3.05, 3.63) is 29.8 Å². The van der Waals surface area contributed by atoms with Gasteiger partial charge in [-0.1, -0.05) is 18.6 Å². The number of rotatable bonds is 5. The maximum absolute atomic E-state index is 12.1. The molecule has 0 heterocycles. The molecule has 1 aliphatic rings. The molecule has 1 saturated carbocycles. The van der Waals surface area contributed by atoms with E-state index in [2.05, 4.69) is 11.6 Å². The third kappa shape index (κ3) is 3.90. The van der Waals surface area contributed by atoms with Crippen molar-refractivity contribution in [2.75, 3.05) is 6.26 Å². The summed E-state index contributed by atoms with van der Waals surface area (Å²) in [5.74, 6) is 0.143. The fourth-order valence-electron chi connectivity index (χ4n) is 2.64. The molecule has 0 saturated heterocycles. The fraction of sp³-hybridized carbons (Fsp3) is 0.533. The number of carbonyl (C=O) groups excluding carboxylic acids is 1. The van der Waals surface area contributed by atoms with Crippen LogP contribution in [0.25, 0.3) is 0 Å². The van der Waals surface area contributed by atoms with Crippen LogP contribution in [0, 0.1) is 0 Å². The minimum atomic E-state index is -0.539. The molecule has 1 aromatic rings. The Balaban J connectivity index is 1.87. The lowest BCUT2D eigenvalue weighted by Gasteiger charge is -2.21. The summed E-state index contributed by atoms with van der Waals surface area (Å²) in [6, 6.07) is 6.53. The average molecular weight is 294 g/mol. The number of phenols is 1. The van der Waals surface area contributed by atoms with E-state index in [0.717, 1.165) is 12.0 Å². The molecule has 3 atom stereocenters. The zero-order valence-corrected chi connectivity index (χ0v) is 12.5. The van der Waals surface area contributed by atoms with Crippen LogP contribution < -0.4 is 11.1 Å². The summed E-state index contributed by atoms with van der Waals surface area (Å²) in [6.07, 6.45) is 5.96. The van der Waals surface area contributed by atoms with Crippen LogP contribution in [0.5, 0.6) is 5.75 Å². The number of amides is 1. The summed E-state index contributed by atoms with van der Waals surface area (Å²) in [7, 11) is 0. The van der Waals surface area contributed by atoms with Crippen LogP contribution in [0.1, 0.15) is 24.8 Å². The number of thioether (sulfide) groups is 1. The fourth-order valence-corrected chi connectivity index (χ4v) is 3.58. The standard InChI is InChI=1S/C15H22N2O2S/c1-20-14-4-2-3-13(14)17-15(19)12(16)9-10-5-7-11(18)8-6-10/h5-8,12-14,18H,2-4,9,16H2,1H3,(H,17,19)/t12-,13?,14?/m1/s1. The van der Waals surface area contributed by atoms with Gasteiger partial charge in [-0.05, 0) is 43.2 Å². The highest BCUT2D eigenvalue weighted by Crippen LogP contribution is 2.28. The van der Waals surface area contributed by atoms with Crippen molar-refractivity contribution in [2.24, 2.45) is 5.73 Å². The van der Waals surface area contributed by atoms with Gasteiger partial charge in [-0.3, -0.25) is 4.79 Å². The second kappa shape index (κ2) is 6.99. The lowest BCUT2D eigenvalue weighted by Crippen LogP contribution is -2.48. The number of hydrogen-bond donors (Lipinski definition) is 3. The number of aromatic hydroxyl groups is 1. The predicted molar refractivity (Wildman–Crippen MR) is 82.9 cm³/mol. The van der Waals surface area contributed by atoms with Gasteiger partial charge in [0.25, 0.3) is 0 Å². The Hall–Kier alpha value is -1.20. The Kier molecular flexibility index (Phi) is 5.31. The van der Waals surface area contributed by atoms with Crippen molar-refractivity contribution in [1.29, 1.82) is 0 Å². The first kappa shape index (κ1) is 15.2. The number of benzene rings is 1. The number of phenolic OH excluding ortho intramolecular Hbond substituents is 1. The van der Waals surface area contributed by atoms with Crippen LogP contribution in [-0.2, 0) is 11.2 Å². The minimum absolute atomic E-state index is 0.0796. The van der Waals surface area contributed by atoms with E-state index in [-0.39, 0.29) is 17.7 Å². The van der Waals surface area contributed by atoms with Crippen molar-refractivity contribution in [1.82, 2.24) is 5.32 Å². The SMILES string of the molecule is CSC1CCCC1NC(=O)[C@H](N)Cc1ccc(O)cc1. The molecule has 1 aliphatic carbocycles. The zero-order chi connectivity index (χ0) is 14.5. The van der Waals surface area contributed by atoms with E-state index in [9.17, 15) is 9.90 Å². The smallest absolute Gasteiger partial charge is 0.237 e. The van der Waals surface area contributed by atoms with Crippen molar-refractivity contribution in [3.63, 3.8) is 0 Å². The monoisotopic (exact) mass is 294 g/mol. The van der Waals surface area contributed by atoms with Crippen molar-refractivity contribution < 1.29 is 9.90 Å². The molecule has 2 rings (SSSR count). The number of nitrogens with two attached hydrogens (primary N) is 1. The molecular weight excluding hydrogens is 272 g/mol. The van der Waals surface area contributed by atoms with Gasteiger partial charge in [0.15, 0.2) is 0 Å². The van der Waals surface area contributed by atoms with Gasteiger partial charge in [0.05, 0.1) is 6.04 Å². The molecule has 1 fully saturated rings. The van der Waals surface area contributed by atoms with E-state index in [1.807, 2.05) is 11.8 Å². The summed E-state index contributed by atoms with van der Waals surface area (Å²) in [6.45, 7) is 0. The molecule has 1 amide bonds. The van der Waals surface area contributed by atoms with Gasteiger partial charge in [0.1, 0.15) is 5.75 Å². The van der Waals surface area contributed by atoms with Crippen LogP contribution in [0.4, 0.5) is 0 Å². The predicted octanol–water partition coefficient (Wildman–Crippen LogP) is 1.66. The summed E-state index contributed by atoms with van der Waals surface area (Å²) in [5, 5.41) is 12.8. The summed E-state index contributed by atoms with van der Waals surface area (Å²) < 4.78 is 0. The first-order valence-corrected chi connectivity index (χ1v) is 8.25. The van der Waals surface area contributed by atoms with E-state index in [0.29, 0.717) is 11.7 Å². The molecule has 110 valence electrons. The van der Waals surface area contributed by atoms with Crippen LogP contribution >= 0.6 is 11.8 Å². The largest absolute Gasteiger partial charge is 0.508 e. The Bertz CT molecular complexity index is 450. The molecule has 4 nitrogen and oxygen atoms in total. The second-order valence-electron chi connectivity index (χ2n) is 5.30. The van der Waals surface area contributed by atoms with Crippen LogP contribution in [0.3, 0.4) is 0 Å². The average Bonchev–Trinajstić information content (AvgIpc) is 2.88. The van der Waals surface area contributed by atoms with E-state index in [4.69, 9.17) is 5.73 Å². The Morgan fingerprint density at radius 1 is 1.45 bits per heavy atom. The highest BCUT2D eigenvalue weighted by atomic mass is 32.2. The van der Waals surface area contributed by atoms with E-state index >= 15 is 0 Å². The van der Waals surface area contributed by atoms with Gasteiger partial charge < -0.3 is 16.2 Å². The van der Waals surface area contributed by atoms with Crippen LogP contribution in [0.2, 0.25) is 0 Å². The van der Waals surface area contributed by atoms with Gasteiger partial charge in [-0.2, -0.15) is 11.8 Å². The van der Waals surface area contributed by atoms with Crippen molar-refractivity contribution >= 4 is 17.7 Å². The molecule has 2 unspecified atom stereocenters. The molecule has 1 aromatic carbocycles. The van der Waals surface area contributed by atoms with Gasteiger partial charge in [0, 0.05) is 11.3 Å². The molecule has 0 radical (unpaired) electrons. The third-order valence-corrected chi connectivity index (χ3v) is 4.98. The molecule has 20 heavy (non-hydrogen) atoms. The molecule has 0 aromatic heterocycles. The maximum atomic E-state index is 12.1. The topological polar surface area (TPSA) is 75.4 Å². The molecule has 4 N–H and O–H groups in total. The van der Waals surface area contributed by atoms with E-state index in [1.165, 1.54) is 12.8 Å². The van der Waals surface area contributed by atoms with Gasteiger partial charge in [-0.25, -0.2) is 0 Å². The number of carbonyl (C=O) groups is 1. The van der Waals surface area contributed by atoms with Gasteiger partial charge >= 0.3 is 0 Å². The Morgan fingerprint density at radius 3 is 2.80 bits per heavy atom. The summed E-state index contributed by atoms with van der Waals surface area (Å²) >= 11 is 1.82. The molecule has 0 spiro atoms. The Morgan fingerprint density at radius 2 is 2.15 bits per heavy atom. The van der Waals surface area contributed by atoms with Gasteiger partial charge in [-0.15, -0.1) is 0 Å². The maximum Gasteiger partial charge on any atom is 0.237 e. The van der Waals surface area contributed by atoms with E-state index < -0.39 is 6.04 Å². The first-order valence-electron chi connectivity index (χ1n) is 6.97. The molecular formula is C15H22N2O2S. The highest BCUT2D eigenvalue weighted by Gasteiger charge is 2.29. The minimum Gasteiger partial charge on any atom is -0.508 e. The van der Waals surface area contributed by atoms with E-state index in [1.54, 1.807) is 24.3 Å². The lowest BCUT2D eigenvalue weighted by molar-refractivity contribution is -0.123. The van der Waals surface area contributed by atoms with Crippen LogP contribution in [0.15, 0.2) is 24.3 Å². The highest BCUT2D eigenvalue weighted by molar-refractivity contribution is 7.99. The molecule has 0 aliphatic heterocycles. The van der Waals surface area contributed by atoms with Gasteiger partial charge in [0.2, 0.25) is 5.91 Å². The van der Waals surface area contributed by atoms with Crippen molar-refractivity contribution in [3.8, 4) is 5.75 Å². The second-order valence-corrected chi connectivity index (χ2v) is 6.37. The van der Waals surface area contributed by atoms with Crippen molar-refractivity contribution in [2.45, 2.75) is 43.0 Å². The van der Waals surface area contributed by atoms with Crippen LogP contribution in [-0.4, -0.2) is 34.6 Å². The summed E-state index contributed by atoms with van der Waals surface area (Å²) in [5.41, 5.74) is 6.93. The first-order chi connectivity index (χ1) is 9.60. The molecule has 5 heteroatoms. The normalized spacial score (nSPS) is 23.5. The molecule has 0 bridgehead atoms. The summed E-state index contributed by atoms with van der Waals surface area (Å²) in [4.78, 5) is 12.1.